The molecule has 6 nitrogen and oxygen atoms in total. The lowest BCUT2D eigenvalue weighted by molar-refractivity contribution is -0.119. The van der Waals surface area contributed by atoms with Crippen molar-refractivity contribution in [2.24, 2.45) is 5.73 Å². The van der Waals surface area contributed by atoms with Gasteiger partial charge in [0, 0.05) is 28.0 Å². The quantitative estimate of drug-likeness (QED) is 0.454. The molecule has 1 heterocycles. The minimum absolute atomic E-state index is 0.205. The van der Waals surface area contributed by atoms with Gasteiger partial charge in [0.15, 0.2) is 0 Å². The lowest BCUT2D eigenvalue weighted by atomic mass is 9.93. The zero-order chi connectivity index (χ0) is 25.3. The van der Waals surface area contributed by atoms with E-state index in [1.165, 1.54) is 0 Å². The smallest absolute Gasteiger partial charge is 0.260 e. The fourth-order valence-electron chi connectivity index (χ4n) is 4.48. The molecule has 3 aromatic rings. The maximum absolute atomic E-state index is 13.7. The molecule has 1 aliphatic rings. The molecule has 3 aromatic carbocycles. The molecule has 0 spiro atoms. The van der Waals surface area contributed by atoms with Crippen LogP contribution in [0.1, 0.15) is 57.5 Å². The molecule has 2 atom stereocenters. The number of benzene rings is 3. The maximum Gasteiger partial charge on any atom is 0.260 e. The van der Waals surface area contributed by atoms with Crippen molar-refractivity contribution in [3.05, 3.63) is 93.0 Å². The zero-order valence-corrected chi connectivity index (χ0v) is 20.9. The van der Waals surface area contributed by atoms with Crippen molar-refractivity contribution in [2.75, 3.05) is 10.2 Å². The van der Waals surface area contributed by atoms with Crippen LogP contribution in [0.25, 0.3) is 0 Å². The van der Waals surface area contributed by atoms with E-state index >= 15 is 0 Å². The summed E-state index contributed by atoms with van der Waals surface area (Å²) >= 11 is 12.7. The van der Waals surface area contributed by atoms with Crippen molar-refractivity contribution in [3.63, 3.8) is 0 Å². The van der Waals surface area contributed by atoms with Crippen LogP contribution in [-0.2, 0) is 4.79 Å². The first-order valence-electron chi connectivity index (χ1n) is 11.3. The van der Waals surface area contributed by atoms with Gasteiger partial charge in [0.05, 0.1) is 16.5 Å². The van der Waals surface area contributed by atoms with Gasteiger partial charge in [-0.05, 0) is 80.3 Å². The first kappa shape index (κ1) is 24.8. The molecule has 0 aliphatic carbocycles. The van der Waals surface area contributed by atoms with Crippen LogP contribution in [0.15, 0.2) is 60.7 Å². The standard InChI is InChI=1S/C27H25Cl2N3O3/c1-15-5-3-4-6-19(15)26(34)31-18-9-11-21(23(29)14-18)27(35)32-16(2)7-10-20(25(30)33)22-13-17(28)8-12-24(22)32/h3-6,8-9,11-14,16,20H,7,10H2,1-2H3,(H2,30,33)(H,31,34). The summed E-state index contributed by atoms with van der Waals surface area (Å²) < 4.78 is 0. The third kappa shape index (κ3) is 5.04. The molecule has 1 aliphatic heterocycles. The molecule has 8 heteroatoms. The number of carbonyl (C=O) groups is 3. The Labute approximate surface area is 214 Å². The molecule has 0 aromatic heterocycles. The van der Waals surface area contributed by atoms with Crippen molar-refractivity contribution in [1.82, 2.24) is 0 Å². The molecule has 3 N–H and O–H groups in total. The highest BCUT2D eigenvalue weighted by Gasteiger charge is 2.34. The average molecular weight is 510 g/mol. The minimum atomic E-state index is -0.543. The topological polar surface area (TPSA) is 92.5 Å². The van der Waals surface area contributed by atoms with Crippen LogP contribution in [0.4, 0.5) is 11.4 Å². The van der Waals surface area contributed by atoms with E-state index in [9.17, 15) is 14.4 Å². The normalized spacial score (nSPS) is 17.3. The van der Waals surface area contributed by atoms with Crippen molar-refractivity contribution < 1.29 is 14.4 Å². The number of nitrogens with two attached hydrogens (primary N) is 1. The van der Waals surface area contributed by atoms with Gasteiger partial charge in [-0.2, -0.15) is 0 Å². The fourth-order valence-corrected chi connectivity index (χ4v) is 4.92. The second kappa shape index (κ2) is 10.1. The third-order valence-corrected chi connectivity index (χ3v) is 6.90. The highest BCUT2D eigenvalue weighted by molar-refractivity contribution is 6.35. The highest BCUT2D eigenvalue weighted by atomic mass is 35.5. The van der Waals surface area contributed by atoms with Crippen LogP contribution in [0.5, 0.6) is 0 Å². The van der Waals surface area contributed by atoms with E-state index in [4.69, 9.17) is 28.9 Å². The minimum Gasteiger partial charge on any atom is -0.369 e. The fraction of sp³-hybridized carbons (Fsp3) is 0.222. The molecule has 3 amide bonds. The Hall–Kier alpha value is -3.35. The summed E-state index contributed by atoms with van der Waals surface area (Å²) in [6.45, 7) is 3.78. The second-order valence-electron chi connectivity index (χ2n) is 8.72. The van der Waals surface area contributed by atoms with Gasteiger partial charge >= 0.3 is 0 Å². The molecular formula is C27H25Cl2N3O3. The number of fused-ring (bicyclic) bond motifs is 1. The van der Waals surface area contributed by atoms with E-state index in [2.05, 4.69) is 5.32 Å². The summed E-state index contributed by atoms with van der Waals surface area (Å²) in [6.07, 6.45) is 1.08. The number of carbonyl (C=O) groups excluding carboxylic acids is 3. The Kier molecular flexibility index (Phi) is 7.15. The number of hydrogen-bond acceptors (Lipinski definition) is 3. The molecule has 180 valence electrons. The third-order valence-electron chi connectivity index (χ3n) is 6.35. The summed E-state index contributed by atoms with van der Waals surface area (Å²) in [7, 11) is 0. The van der Waals surface area contributed by atoms with Gasteiger partial charge in [-0.25, -0.2) is 0 Å². The Bertz CT molecular complexity index is 1320. The molecule has 0 bridgehead atoms. The number of nitrogens with one attached hydrogen (secondary N) is 1. The van der Waals surface area contributed by atoms with Gasteiger partial charge in [0.1, 0.15) is 0 Å². The van der Waals surface area contributed by atoms with E-state index in [-0.39, 0.29) is 28.4 Å². The van der Waals surface area contributed by atoms with E-state index in [1.54, 1.807) is 53.4 Å². The molecule has 0 saturated heterocycles. The Morgan fingerprint density at radius 3 is 2.40 bits per heavy atom. The number of aryl methyl sites for hydroxylation is 1. The summed E-state index contributed by atoms with van der Waals surface area (Å²) in [4.78, 5) is 40.2. The summed E-state index contributed by atoms with van der Waals surface area (Å²) in [5.74, 6) is -1.57. The van der Waals surface area contributed by atoms with Crippen LogP contribution < -0.4 is 16.0 Å². The summed E-state index contributed by atoms with van der Waals surface area (Å²) in [5, 5.41) is 3.50. The lowest BCUT2D eigenvalue weighted by Crippen LogP contribution is -2.38. The number of nitrogens with zero attached hydrogens (tertiary/aromatic N) is 1. The first-order valence-corrected chi connectivity index (χ1v) is 12.0. The van der Waals surface area contributed by atoms with Crippen molar-refractivity contribution in [1.29, 1.82) is 0 Å². The summed E-state index contributed by atoms with van der Waals surface area (Å²) in [6, 6.07) is 17.0. The van der Waals surface area contributed by atoms with Crippen LogP contribution >= 0.6 is 23.2 Å². The van der Waals surface area contributed by atoms with Gasteiger partial charge in [0.2, 0.25) is 5.91 Å². The maximum atomic E-state index is 13.7. The Morgan fingerprint density at radius 1 is 0.971 bits per heavy atom. The zero-order valence-electron chi connectivity index (χ0n) is 19.3. The Balaban J connectivity index is 1.66. The predicted octanol–water partition coefficient (Wildman–Crippen LogP) is 5.95. The molecule has 4 rings (SSSR count). The van der Waals surface area contributed by atoms with E-state index in [0.29, 0.717) is 40.4 Å². The molecule has 2 unspecified atom stereocenters. The molecular weight excluding hydrogens is 485 g/mol. The van der Waals surface area contributed by atoms with Crippen molar-refractivity contribution >= 4 is 52.3 Å². The van der Waals surface area contributed by atoms with Gasteiger partial charge in [-0.1, -0.05) is 41.4 Å². The molecule has 0 radical (unpaired) electrons. The number of hydrogen-bond donors (Lipinski definition) is 2. The molecule has 35 heavy (non-hydrogen) atoms. The van der Waals surface area contributed by atoms with Gasteiger partial charge in [-0.3, -0.25) is 14.4 Å². The first-order chi connectivity index (χ1) is 16.7. The molecule has 0 fully saturated rings. The highest BCUT2D eigenvalue weighted by Crippen LogP contribution is 2.39. The van der Waals surface area contributed by atoms with Gasteiger partial charge in [0.25, 0.3) is 11.8 Å². The average Bonchev–Trinajstić information content (AvgIpc) is 2.94. The Morgan fingerprint density at radius 2 is 1.71 bits per heavy atom. The van der Waals surface area contributed by atoms with Crippen molar-refractivity contribution in [3.8, 4) is 0 Å². The number of amides is 3. The molecule has 0 saturated carbocycles. The number of rotatable bonds is 4. The van der Waals surface area contributed by atoms with Crippen LogP contribution in [-0.4, -0.2) is 23.8 Å². The number of primary amides is 1. The SMILES string of the molecule is Cc1ccccc1C(=O)Nc1ccc(C(=O)N2c3ccc(Cl)cc3C(C(N)=O)CCC2C)c(Cl)c1. The van der Waals surface area contributed by atoms with E-state index in [0.717, 1.165) is 5.56 Å². The monoisotopic (exact) mass is 509 g/mol. The summed E-state index contributed by atoms with van der Waals surface area (Å²) in [5.41, 5.74) is 9.05. The van der Waals surface area contributed by atoms with E-state index in [1.807, 2.05) is 26.0 Å². The lowest BCUT2D eigenvalue weighted by Gasteiger charge is -2.29. The van der Waals surface area contributed by atoms with Crippen molar-refractivity contribution in [2.45, 2.75) is 38.6 Å². The number of anilines is 2. The van der Waals surface area contributed by atoms with Crippen LogP contribution in [0.2, 0.25) is 10.0 Å². The predicted molar refractivity (Wildman–Crippen MR) is 139 cm³/mol. The van der Waals surface area contributed by atoms with Crippen LogP contribution in [0.3, 0.4) is 0 Å². The van der Waals surface area contributed by atoms with Crippen LogP contribution in [0, 0.1) is 6.92 Å². The van der Waals surface area contributed by atoms with E-state index < -0.39 is 11.8 Å². The number of halogens is 2. The van der Waals surface area contributed by atoms with Gasteiger partial charge < -0.3 is 16.0 Å². The van der Waals surface area contributed by atoms with Gasteiger partial charge in [-0.15, -0.1) is 0 Å². The second-order valence-corrected chi connectivity index (χ2v) is 9.57. The largest absolute Gasteiger partial charge is 0.369 e.